The maximum atomic E-state index is 9.66. The fourth-order valence-electron chi connectivity index (χ4n) is 1.55. The highest BCUT2D eigenvalue weighted by atomic mass is 35.5. The van der Waals surface area contributed by atoms with Crippen LogP contribution in [-0.2, 0) is 0 Å². The number of aromatic nitrogens is 1. The molecule has 6 heteroatoms. The number of rotatable bonds is 6. The summed E-state index contributed by atoms with van der Waals surface area (Å²) in [5, 5.41) is 10.0. The lowest BCUT2D eigenvalue weighted by atomic mass is 10.1. The first-order valence-corrected chi connectivity index (χ1v) is 7.07. The Morgan fingerprint density at radius 3 is 2.76 bits per heavy atom. The summed E-state index contributed by atoms with van der Waals surface area (Å²) >= 11 is 5.90. The molecule has 0 bridgehead atoms. The van der Waals surface area contributed by atoms with Gasteiger partial charge in [-0.1, -0.05) is 11.6 Å². The molecule has 0 aliphatic heterocycles. The summed E-state index contributed by atoms with van der Waals surface area (Å²) in [5.41, 5.74) is 6.15. The van der Waals surface area contributed by atoms with E-state index in [1.54, 1.807) is 32.3 Å². The van der Waals surface area contributed by atoms with Crippen LogP contribution in [0.15, 0.2) is 23.5 Å². The average molecular weight is 312 g/mol. The molecule has 1 aromatic rings. The highest BCUT2D eigenvalue weighted by Crippen LogP contribution is 2.27. The molecule has 0 saturated carbocycles. The van der Waals surface area contributed by atoms with E-state index in [0.29, 0.717) is 22.0 Å². The van der Waals surface area contributed by atoms with Crippen LogP contribution in [0.1, 0.15) is 33.3 Å². The molecule has 0 aromatic carbocycles. The van der Waals surface area contributed by atoms with Gasteiger partial charge in [0.05, 0.1) is 18.2 Å². The first-order chi connectivity index (χ1) is 9.73. The zero-order chi connectivity index (χ0) is 16.0. The number of allylic oxidation sites excluding steroid dienone is 1. The van der Waals surface area contributed by atoms with Crippen LogP contribution in [0, 0.1) is 0 Å². The van der Waals surface area contributed by atoms with E-state index in [0.717, 1.165) is 0 Å². The van der Waals surface area contributed by atoms with Gasteiger partial charge in [-0.3, -0.25) is 4.99 Å². The van der Waals surface area contributed by atoms with Gasteiger partial charge in [0.15, 0.2) is 0 Å². The van der Waals surface area contributed by atoms with Gasteiger partial charge >= 0.3 is 0 Å². The highest BCUT2D eigenvalue weighted by molar-refractivity contribution is 6.29. The molecular weight excluding hydrogens is 290 g/mol. The molecule has 0 amide bonds. The number of halogens is 1. The molecule has 0 aliphatic carbocycles. The Kier molecular flexibility index (Phi) is 6.18. The van der Waals surface area contributed by atoms with Gasteiger partial charge in [0.1, 0.15) is 10.9 Å². The van der Waals surface area contributed by atoms with Crippen molar-refractivity contribution in [2.75, 3.05) is 6.54 Å². The van der Waals surface area contributed by atoms with Crippen LogP contribution in [0.5, 0.6) is 5.75 Å². The maximum Gasteiger partial charge on any atom is 0.132 e. The van der Waals surface area contributed by atoms with E-state index in [-0.39, 0.29) is 12.6 Å². The van der Waals surface area contributed by atoms with Crippen molar-refractivity contribution in [1.82, 2.24) is 4.98 Å². The maximum absolute atomic E-state index is 9.66. The molecule has 0 saturated heterocycles. The number of hydrogen-bond acceptors (Lipinski definition) is 5. The van der Waals surface area contributed by atoms with Crippen molar-refractivity contribution in [2.24, 2.45) is 10.7 Å². The Morgan fingerprint density at radius 1 is 1.57 bits per heavy atom. The summed E-state index contributed by atoms with van der Waals surface area (Å²) < 4.78 is 5.72. The number of aliphatic hydroxyl groups is 1. The molecule has 0 spiro atoms. The lowest BCUT2D eigenvalue weighted by molar-refractivity contribution is 0.0906. The predicted molar refractivity (Wildman–Crippen MR) is 86.8 cm³/mol. The molecule has 1 rings (SSSR count). The molecule has 0 aliphatic rings. The smallest absolute Gasteiger partial charge is 0.132 e. The van der Waals surface area contributed by atoms with Crippen molar-refractivity contribution >= 4 is 23.4 Å². The van der Waals surface area contributed by atoms with Crippen molar-refractivity contribution in [3.05, 3.63) is 29.2 Å². The third-order valence-electron chi connectivity index (χ3n) is 2.39. The zero-order valence-electron chi connectivity index (χ0n) is 12.8. The standard InChI is InChI=1S/C15H22ClN3O2/c1-10(2)21-13-5-14(16)19-8-12(13)11(6-17)7-18-9-15(3,4)20/h5-8,10,20H,9,17H2,1-4H3/b11-6+,18-7?. The minimum Gasteiger partial charge on any atom is -0.490 e. The molecular formula is C15H22ClN3O2. The minimum absolute atomic E-state index is 0.00504. The van der Waals surface area contributed by atoms with Crippen molar-refractivity contribution < 1.29 is 9.84 Å². The number of pyridine rings is 1. The SMILES string of the molecule is CC(C)Oc1cc(Cl)ncc1/C(C=NCC(C)(C)O)=C/N. The van der Waals surface area contributed by atoms with Gasteiger partial charge in [-0.25, -0.2) is 4.98 Å². The summed E-state index contributed by atoms with van der Waals surface area (Å²) in [4.78, 5) is 8.24. The van der Waals surface area contributed by atoms with Gasteiger partial charge in [-0.15, -0.1) is 0 Å². The molecule has 116 valence electrons. The molecule has 1 aromatic heterocycles. The van der Waals surface area contributed by atoms with Crippen molar-refractivity contribution in [3.8, 4) is 5.75 Å². The summed E-state index contributed by atoms with van der Waals surface area (Å²) in [7, 11) is 0. The molecule has 0 unspecified atom stereocenters. The lowest BCUT2D eigenvalue weighted by Crippen LogP contribution is -2.22. The summed E-state index contributed by atoms with van der Waals surface area (Å²) in [6.07, 6.45) is 4.60. The van der Waals surface area contributed by atoms with E-state index in [2.05, 4.69) is 9.98 Å². The molecule has 1 heterocycles. The van der Waals surface area contributed by atoms with E-state index in [9.17, 15) is 5.11 Å². The fourth-order valence-corrected chi connectivity index (χ4v) is 1.70. The average Bonchev–Trinajstić information content (AvgIpc) is 2.34. The van der Waals surface area contributed by atoms with Crippen molar-refractivity contribution in [2.45, 2.75) is 39.4 Å². The van der Waals surface area contributed by atoms with Gasteiger partial charge in [0.2, 0.25) is 0 Å². The number of nitrogens with zero attached hydrogens (tertiary/aromatic N) is 2. The number of hydrogen-bond donors (Lipinski definition) is 2. The Bertz CT molecular complexity index is 534. The lowest BCUT2D eigenvalue weighted by Gasteiger charge is -2.15. The summed E-state index contributed by atoms with van der Waals surface area (Å²) in [6, 6.07) is 1.64. The Morgan fingerprint density at radius 2 is 2.24 bits per heavy atom. The third-order valence-corrected chi connectivity index (χ3v) is 2.60. The van der Waals surface area contributed by atoms with Gasteiger partial charge in [-0.05, 0) is 27.7 Å². The van der Waals surface area contributed by atoms with E-state index < -0.39 is 5.60 Å². The topological polar surface area (TPSA) is 80.7 Å². The Balaban J connectivity index is 3.06. The van der Waals surface area contributed by atoms with Crippen LogP contribution >= 0.6 is 11.6 Å². The molecule has 5 nitrogen and oxygen atoms in total. The first-order valence-electron chi connectivity index (χ1n) is 6.69. The van der Waals surface area contributed by atoms with Gasteiger partial charge in [0.25, 0.3) is 0 Å². The second-order valence-electron chi connectivity index (χ2n) is 5.57. The highest BCUT2D eigenvalue weighted by Gasteiger charge is 2.13. The van der Waals surface area contributed by atoms with E-state index in [4.69, 9.17) is 22.1 Å². The van der Waals surface area contributed by atoms with Crippen LogP contribution in [0.2, 0.25) is 5.15 Å². The van der Waals surface area contributed by atoms with Crippen LogP contribution < -0.4 is 10.5 Å². The molecule has 3 N–H and O–H groups in total. The largest absolute Gasteiger partial charge is 0.490 e. The minimum atomic E-state index is -0.869. The number of ether oxygens (including phenoxy) is 1. The quantitative estimate of drug-likeness (QED) is 0.625. The molecule has 21 heavy (non-hydrogen) atoms. The monoisotopic (exact) mass is 311 g/mol. The zero-order valence-corrected chi connectivity index (χ0v) is 13.6. The third kappa shape index (κ3) is 6.14. The summed E-state index contributed by atoms with van der Waals surface area (Å²) in [6.45, 7) is 7.49. The Labute approximate surface area is 130 Å². The van der Waals surface area contributed by atoms with E-state index in [1.807, 2.05) is 13.8 Å². The van der Waals surface area contributed by atoms with Crippen LogP contribution in [0.25, 0.3) is 5.57 Å². The van der Waals surface area contributed by atoms with Gasteiger partial charge in [-0.2, -0.15) is 0 Å². The second kappa shape index (κ2) is 7.43. The van der Waals surface area contributed by atoms with Crippen molar-refractivity contribution in [1.29, 1.82) is 0 Å². The number of aliphatic imine (C=N–C) groups is 1. The van der Waals surface area contributed by atoms with Gasteiger partial charge < -0.3 is 15.6 Å². The van der Waals surface area contributed by atoms with E-state index >= 15 is 0 Å². The van der Waals surface area contributed by atoms with Gasteiger partial charge in [0, 0.05) is 35.8 Å². The normalized spacial score (nSPS) is 13.2. The molecule has 0 fully saturated rings. The fraction of sp³-hybridized carbons (Fsp3) is 0.467. The van der Waals surface area contributed by atoms with Crippen molar-refractivity contribution in [3.63, 3.8) is 0 Å². The van der Waals surface area contributed by atoms with E-state index in [1.165, 1.54) is 6.20 Å². The number of nitrogens with two attached hydrogens (primary N) is 1. The first kappa shape index (κ1) is 17.5. The Hall–Kier alpha value is -1.59. The molecule has 0 radical (unpaired) electrons. The predicted octanol–water partition coefficient (Wildman–Crippen LogP) is 2.66. The molecule has 0 atom stereocenters. The summed E-state index contributed by atoms with van der Waals surface area (Å²) in [5.74, 6) is 0.594. The van der Waals surface area contributed by atoms with Crippen LogP contribution in [0.4, 0.5) is 0 Å². The van der Waals surface area contributed by atoms with Crippen LogP contribution in [0.3, 0.4) is 0 Å². The second-order valence-corrected chi connectivity index (χ2v) is 5.96. The van der Waals surface area contributed by atoms with Crippen LogP contribution in [-0.4, -0.2) is 34.6 Å².